The normalized spacial score (nSPS) is 28.2. The number of rotatable bonds is 2. The van der Waals surface area contributed by atoms with Gasteiger partial charge in [0.05, 0.1) is 0 Å². The van der Waals surface area contributed by atoms with Crippen molar-refractivity contribution in [2.75, 3.05) is 0 Å². The van der Waals surface area contributed by atoms with Gasteiger partial charge in [0.2, 0.25) is 0 Å². The molecular formula is C18H28Ge. The Morgan fingerprint density at radius 1 is 0.684 bits per heavy atom. The summed E-state index contributed by atoms with van der Waals surface area (Å²) in [6.07, 6.45) is 4.85. The molecule has 104 valence electrons. The van der Waals surface area contributed by atoms with Crippen molar-refractivity contribution in [1.29, 1.82) is 0 Å². The monoisotopic (exact) mass is 318 g/mol. The molecule has 0 saturated carbocycles. The number of hydrogen-bond donors (Lipinski definition) is 0. The van der Waals surface area contributed by atoms with E-state index in [0.717, 1.165) is 9.50 Å². The van der Waals surface area contributed by atoms with Crippen molar-refractivity contribution in [2.24, 2.45) is 0 Å². The van der Waals surface area contributed by atoms with E-state index in [1.807, 2.05) is 0 Å². The summed E-state index contributed by atoms with van der Waals surface area (Å²) < 4.78 is 1.54. The maximum atomic E-state index is 2.63. The van der Waals surface area contributed by atoms with Crippen LogP contribution in [0.2, 0.25) is 21.0 Å². The summed E-state index contributed by atoms with van der Waals surface area (Å²) in [6, 6.07) is 0. The average Bonchev–Trinajstić information content (AvgIpc) is 2.66. The van der Waals surface area contributed by atoms with Crippen LogP contribution in [0.1, 0.15) is 41.5 Å². The van der Waals surface area contributed by atoms with Crippen LogP contribution in [0.4, 0.5) is 0 Å². The SMILES string of the molecule is CC1=CC(C)=C(C)[CH]1[Ge]([CH3])([CH3])[CH]1C(C)=CC(C)=C1C. The van der Waals surface area contributed by atoms with Crippen molar-refractivity contribution >= 4 is 13.3 Å². The molecule has 0 aliphatic heterocycles. The van der Waals surface area contributed by atoms with E-state index in [1.165, 1.54) is 11.1 Å². The van der Waals surface area contributed by atoms with Crippen LogP contribution in [-0.4, -0.2) is 13.3 Å². The van der Waals surface area contributed by atoms with Crippen LogP contribution in [0.3, 0.4) is 0 Å². The molecule has 0 heterocycles. The molecule has 0 radical (unpaired) electrons. The Morgan fingerprint density at radius 3 is 1.21 bits per heavy atom. The van der Waals surface area contributed by atoms with Gasteiger partial charge in [0.1, 0.15) is 0 Å². The minimum atomic E-state index is -2.01. The van der Waals surface area contributed by atoms with Crippen LogP contribution in [0.25, 0.3) is 0 Å². The van der Waals surface area contributed by atoms with E-state index in [0.29, 0.717) is 0 Å². The Hall–Kier alpha value is -0.497. The molecule has 0 aromatic carbocycles. The molecule has 2 unspecified atom stereocenters. The summed E-state index contributed by atoms with van der Waals surface area (Å²) in [4.78, 5) is 0. The second-order valence-electron chi connectivity index (χ2n) is 7.20. The third-order valence-electron chi connectivity index (χ3n) is 5.40. The quantitative estimate of drug-likeness (QED) is 0.546. The van der Waals surface area contributed by atoms with Crippen molar-refractivity contribution in [3.05, 3.63) is 45.6 Å². The van der Waals surface area contributed by atoms with Crippen molar-refractivity contribution in [3.63, 3.8) is 0 Å². The molecule has 2 aliphatic carbocycles. The van der Waals surface area contributed by atoms with E-state index >= 15 is 0 Å². The topological polar surface area (TPSA) is 0 Å². The van der Waals surface area contributed by atoms with Gasteiger partial charge in [-0.1, -0.05) is 0 Å². The summed E-state index contributed by atoms with van der Waals surface area (Å²) in [5, 5.41) is 0. The molecule has 2 rings (SSSR count). The van der Waals surface area contributed by atoms with Crippen LogP contribution in [0.15, 0.2) is 45.6 Å². The van der Waals surface area contributed by atoms with Crippen LogP contribution >= 0.6 is 0 Å². The van der Waals surface area contributed by atoms with E-state index in [4.69, 9.17) is 0 Å². The van der Waals surface area contributed by atoms with Crippen LogP contribution < -0.4 is 0 Å². The first kappa shape index (κ1) is 14.9. The van der Waals surface area contributed by atoms with E-state index in [-0.39, 0.29) is 0 Å². The van der Waals surface area contributed by atoms with Gasteiger partial charge in [0.15, 0.2) is 0 Å². The first-order valence-electron chi connectivity index (χ1n) is 7.39. The molecule has 0 saturated heterocycles. The van der Waals surface area contributed by atoms with Gasteiger partial charge in [-0.25, -0.2) is 0 Å². The molecular weight excluding hydrogens is 289 g/mol. The second-order valence-corrected chi connectivity index (χ2v) is 17.3. The van der Waals surface area contributed by atoms with E-state index in [2.05, 4.69) is 65.2 Å². The van der Waals surface area contributed by atoms with Gasteiger partial charge in [0, 0.05) is 0 Å². The van der Waals surface area contributed by atoms with Gasteiger partial charge in [-0.2, -0.15) is 0 Å². The fourth-order valence-corrected chi connectivity index (χ4v) is 16.3. The van der Waals surface area contributed by atoms with Crippen LogP contribution in [0, 0.1) is 0 Å². The van der Waals surface area contributed by atoms with E-state index in [9.17, 15) is 0 Å². The minimum absolute atomic E-state index is 0.772. The molecule has 0 spiro atoms. The molecule has 0 amide bonds. The maximum absolute atomic E-state index is 2.63. The fraction of sp³-hybridized carbons (Fsp3) is 0.556. The molecule has 2 atom stereocenters. The zero-order valence-corrected chi connectivity index (χ0v) is 15.9. The van der Waals surface area contributed by atoms with Gasteiger partial charge >= 0.3 is 121 Å². The molecule has 0 nitrogen and oxygen atoms in total. The Bertz CT molecular complexity index is 490. The van der Waals surface area contributed by atoms with Crippen LogP contribution in [0.5, 0.6) is 0 Å². The fourth-order valence-electron chi connectivity index (χ4n) is 4.67. The summed E-state index contributed by atoms with van der Waals surface area (Å²) >= 11 is -2.01. The Labute approximate surface area is 121 Å². The number of hydrogen-bond acceptors (Lipinski definition) is 0. The third kappa shape index (κ3) is 2.22. The van der Waals surface area contributed by atoms with Crippen LogP contribution in [-0.2, 0) is 0 Å². The first-order chi connectivity index (χ1) is 8.67. The zero-order chi connectivity index (χ0) is 14.5. The molecule has 19 heavy (non-hydrogen) atoms. The summed E-state index contributed by atoms with van der Waals surface area (Å²) in [5.74, 6) is 5.27. The van der Waals surface area contributed by atoms with Crippen molar-refractivity contribution < 1.29 is 0 Å². The van der Waals surface area contributed by atoms with Gasteiger partial charge in [-0.3, -0.25) is 0 Å². The van der Waals surface area contributed by atoms with Gasteiger partial charge in [-0.15, -0.1) is 0 Å². The predicted octanol–water partition coefficient (Wildman–Crippen LogP) is 6.03. The van der Waals surface area contributed by atoms with Crippen molar-refractivity contribution in [1.82, 2.24) is 0 Å². The Kier molecular flexibility index (Phi) is 3.77. The summed E-state index contributed by atoms with van der Waals surface area (Å²) in [5.41, 5.74) is 9.55. The van der Waals surface area contributed by atoms with Gasteiger partial charge in [0.25, 0.3) is 0 Å². The molecule has 2 aliphatic rings. The molecule has 0 aromatic rings. The summed E-state index contributed by atoms with van der Waals surface area (Å²) in [6.45, 7) is 14.0. The van der Waals surface area contributed by atoms with Crippen molar-refractivity contribution in [3.8, 4) is 0 Å². The predicted molar refractivity (Wildman–Crippen MR) is 89.2 cm³/mol. The van der Waals surface area contributed by atoms with Gasteiger partial charge in [-0.05, 0) is 0 Å². The second kappa shape index (κ2) is 4.80. The molecule has 1 heteroatoms. The zero-order valence-electron chi connectivity index (χ0n) is 13.8. The molecule has 0 bridgehead atoms. The standard InChI is InChI=1S/C18H28Ge/c1-11-9-13(3)17(15(11)5)19(7,8)18-14(4)10-12(2)16(18)6/h9-10,17-18H,1-8H3. The van der Waals surface area contributed by atoms with Gasteiger partial charge < -0.3 is 0 Å². The third-order valence-corrected chi connectivity index (χ3v) is 15.4. The summed E-state index contributed by atoms with van der Waals surface area (Å²) in [7, 11) is 0. The Morgan fingerprint density at radius 2 is 1.00 bits per heavy atom. The molecule has 0 N–H and O–H groups in total. The molecule has 0 aromatic heterocycles. The number of allylic oxidation sites excluding steroid dienone is 8. The average molecular weight is 317 g/mol. The van der Waals surface area contributed by atoms with Crippen molar-refractivity contribution in [2.45, 2.75) is 62.6 Å². The first-order valence-corrected chi connectivity index (χ1v) is 14.0. The molecule has 0 fully saturated rings. The van der Waals surface area contributed by atoms with E-state index < -0.39 is 13.3 Å². The Balaban J connectivity index is 2.46. The van der Waals surface area contributed by atoms with E-state index in [1.54, 1.807) is 22.3 Å².